The number of hydrogen-bond donors (Lipinski definition) is 2. The predicted octanol–water partition coefficient (Wildman–Crippen LogP) is 1.23. The van der Waals surface area contributed by atoms with Crippen LogP contribution in [0.25, 0.3) is 0 Å². The van der Waals surface area contributed by atoms with Crippen LogP contribution in [-0.2, 0) is 9.59 Å². The Morgan fingerprint density at radius 2 is 1.78 bits per heavy atom. The molecule has 7 heteroatoms. The maximum atomic E-state index is 11.7. The summed E-state index contributed by atoms with van der Waals surface area (Å²) in [6, 6.07) is 4.24. The summed E-state index contributed by atoms with van der Waals surface area (Å²) in [5.74, 6) is -0.750. The molecule has 0 spiro atoms. The Kier molecular flexibility index (Phi) is 2.46. The van der Waals surface area contributed by atoms with E-state index in [1.165, 1.54) is 6.20 Å². The highest BCUT2D eigenvalue weighted by atomic mass is 35.5. The van der Waals surface area contributed by atoms with Gasteiger partial charge in [0.15, 0.2) is 6.04 Å². The molecule has 0 aromatic heterocycles. The highest BCUT2D eigenvalue weighted by molar-refractivity contribution is 6.35. The normalized spacial score (nSPS) is 21.6. The number of carbonyl (C=O) groups is 2. The van der Waals surface area contributed by atoms with Crippen molar-refractivity contribution in [2.24, 2.45) is 0 Å². The average molecular weight is 284 g/mol. The first-order chi connectivity index (χ1) is 8.56. The summed E-state index contributed by atoms with van der Waals surface area (Å²) in [5.41, 5.74) is 3.87. The van der Waals surface area contributed by atoms with Crippen molar-refractivity contribution in [1.29, 1.82) is 0 Å². The number of nitrogens with zero attached hydrogens (tertiary/aromatic N) is 1. The minimum Gasteiger partial charge on any atom is -0.304 e. The predicted molar refractivity (Wildman–Crippen MR) is 67.1 cm³/mol. The topological polar surface area (TPSA) is 61.4 Å². The number of imide groups is 1. The maximum Gasteiger partial charge on any atom is 0.258 e. The molecule has 1 aromatic carbocycles. The van der Waals surface area contributed by atoms with Gasteiger partial charge in [-0.05, 0) is 18.2 Å². The molecular weight excluding hydrogens is 277 g/mol. The van der Waals surface area contributed by atoms with Gasteiger partial charge in [0.25, 0.3) is 11.8 Å². The fourth-order valence-corrected chi connectivity index (χ4v) is 2.55. The molecule has 1 unspecified atom stereocenters. The quantitative estimate of drug-likeness (QED) is 0.761. The third-order valence-corrected chi connectivity index (χ3v) is 3.22. The van der Waals surface area contributed by atoms with Gasteiger partial charge in [-0.3, -0.25) is 19.9 Å². The number of anilines is 1. The van der Waals surface area contributed by atoms with Gasteiger partial charge in [0.2, 0.25) is 0 Å². The maximum absolute atomic E-state index is 11.7. The first-order valence-electron chi connectivity index (χ1n) is 5.13. The molecule has 92 valence electrons. The fraction of sp³-hybridized carbons (Fsp3) is 0.0909. The number of halogens is 2. The third kappa shape index (κ3) is 1.63. The van der Waals surface area contributed by atoms with Crippen molar-refractivity contribution < 1.29 is 9.59 Å². The number of hydrazine groups is 1. The van der Waals surface area contributed by atoms with Crippen LogP contribution in [0.2, 0.25) is 10.0 Å². The lowest BCUT2D eigenvalue weighted by Crippen LogP contribution is -2.43. The lowest BCUT2D eigenvalue weighted by atomic mass is 10.1. The molecule has 0 aliphatic carbocycles. The van der Waals surface area contributed by atoms with Crippen molar-refractivity contribution >= 4 is 40.7 Å². The van der Waals surface area contributed by atoms with Crippen LogP contribution >= 0.6 is 23.2 Å². The second-order valence-electron chi connectivity index (χ2n) is 3.95. The van der Waals surface area contributed by atoms with Crippen LogP contribution < -0.4 is 15.8 Å². The zero-order chi connectivity index (χ0) is 12.9. The molecule has 1 saturated heterocycles. The summed E-state index contributed by atoms with van der Waals surface area (Å²) in [4.78, 5) is 23.2. The molecule has 5 nitrogen and oxygen atoms in total. The number of rotatable bonds is 1. The van der Waals surface area contributed by atoms with Gasteiger partial charge in [-0.2, -0.15) is 0 Å². The highest BCUT2D eigenvalue weighted by Gasteiger charge is 2.44. The lowest BCUT2D eigenvalue weighted by Gasteiger charge is -2.24. The summed E-state index contributed by atoms with van der Waals surface area (Å²) >= 11 is 11.8. The smallest absolute Gasteiger partial charge is 0.258 e. The summed E-state index contributed by atoms with van der Waals surface area (Å²) in [6.07, 6.45) is 1.50. The van der Waals surface area contributed by atoms with Crippen molar-refractivity contribution in [3.8, 4) is 0 Å². The summed E-state index contributed by atoms with van der Waals surface area (Å²) in [5, 5.41) is 4.71. The molecule has 2 heterocycles. The average Bonchev–Trinajstić information content (AvgIpc) is 2.81. The van der Waals surface area contributed by atoms with E-state index in [0.717, 1.165) is 0 Å². The Hall–Kier alpha value is -1.72. The highest BCUT2D eigenvalue weighted by Crippen LogP contribution is 2.30. The Balaban J connectivity index is 2.00. The number of fused-ring (bicyclic) bond motifs is 1. The summed E-state index contributed by atoms with van der Waals surface area (Å²) in [7, 11) is 0. The Morgan fingerprint density at radius 1 is 1.11 bits per heavy atom. The van der Waals surface area contributed by atoms with Gasteiger partial charge in [0, 0.05) is 16.2 Å². The molecule has 2 amide bonds. The third-order valence-electron chi connectivity index (χ3n) is 2.78. The first-order valence-corrected chi connectivity index (χ1v) is 5.88. The SMILES string of the molecule is O=C1NC(=O)C2C1=CNN2c1cc(Cl)cc(Cl)c1. The van der Waals surface area contributed by atoms with E-state index < -0.39 is 6.04 Å². The minimum atomic E-state index is -0.674. The van der Waals surface area contributed by atoms with E-state index in [4.69, 9.17) is 23.2 Å². The van der Waals surface area contributed by atoms with E-state index in [9.17, 15) is 9.59 Å². The molecule has 3 rings (SSSR count). The molecule has 1 aromatic rings. The second kappa shape index (κ2) is 3.90. The standard InChI is InChI=1S/C11H7Cl2N3O2/c12-5-1-6(13)3-7(2-5)16-9-8(4-14-16)10(17)15-11(9)18/h1-4,9,14H,(H,15,17,18). The van der Waals surface area contributed by atoms with Gasteiger partial charge in [-0.15, -0.1) is 0 Å². The largest absolute Gasteiger partial charge is 0.304 e. The van der Waals surface area contributed by atoms with Gasteiger partial charge in [-0.25, -0.2) is 0 Å². The van der Waals surface area contributed by atoms with Gasteiger partial charge >= 0.3 is 0 Å². The van der Waals surface area contributed by atoms with Crippen LogP contribution in [-0.4, -0.2) is 17.9 Å². The van der Waals surface area contributed by atoms with Gasteiger partial charge < -0.3 is 5.43 Å². The molecular formula is C11H7Cl2N3O2. The number of nitrogens with one attached hydrogen (secondary N) is 2. The van der Waals surface area contributed by atoms with Crippen molar-refractivity contribution in [2.45, 2.75) is 6.04 Å². The number of carbonyl (C=O) groups excluding carboxylic acids is 2. The Morgan fingerprint density at radius 3 is 2.44 bits per heavy atom. The Bertz CT molecular complexity index is 580. The van der Waals surface area contributed by atoms with Crippen molar-refractivity contribution in [3.05, 3.63) is 40.0 Å². The fourth-order valence-electron chi connectivity index (χ4n) is 2.03. The summed E-state index contributed by atoms with van der Waals surface area (Å²) in [6.45, 7) is 0. The number of benzene rings is 1. The van der Waals surface area contributed by atoms with Crippen LogP contribution in [0.15, 0.2) is 30.0 Å². The second-order valence-corrected chi connectivity index (χ2v) is 4.82. The van der Waals surface area contributed by atoms with Crippen molar-refractivity contribution in [2.75, 3.05) is 5.01 Å². The van der Waals surface area contributed by atoms with Gasteiger partial charge in [0.1, 0.15) is 0 Å². The van der Waals surface area contributed by atoms with Crippen LogP contribution in [0.3, 0.4) is 0 Å². The van der Waals surface area contributed by atoms with Crippen LogP contribution in [0.4, 0.5) is 5.69 Å². The van der Waals surface area contributed by atoms with Crippen LogP contribution in [0.1, 0.15) is 0 Å². The van der Waals surface area contributed by atoms with Crippen LogP contribution in [0.5, 0.6) is 0 Å². The molecule has 0 bridgehead atoms. The van der Waals surface area contributed by atoms with Gasteiger partial charge in [-0.1, -0.05) is 23.2 Å². The molecule has 0 radical (unpaired) electrons. The van der Waals surface area contributed by atoms with E-state index in [2.05, 4.69) is 10.7 Å². The molecule has 1 atom stereocenters. The molecule has 1 fully saturated rings. The number of hydrogen-bond acceptors (Lipinski definition) is 4. The zero-order valence-electron chi connectivity index (χ0n) is 8.91. The molecule has 0 saturated carbocycles. The summed E-state index contributed by atoms with van der Waals surface area (Å²) < 4.78 is 0. The Labute approximate surface area is 112 Å². The van der Waals surface area contributed by atoms with Crippen molar-refractivity contribution in [1.82, 2.24) is 10.7 Å². The van der Waals surface area contributed by atoms with E-state index in [0.29, 0.717) is 21.3 Å². The lowest BCUT2D eigenvalue weighted by molar-refractivity contribution is -0.124. The monoisotopic (exact) mass is 283 g/mol. The molecule has 2 N–H and O–H groups in total. The van der Waals surface area contributed by atoms with Gasteiger partial charge in [0.05, 0.1) is 11.3 Å². The first kappa shape index (κ1) is 11.4. The van der Waals surface area contributed by atoms with E-state index >= 15 is 0 Å². The number of amides is 2. The van der Waals surface area contributed by atoms with E-state index in [1.807, 2.05) is 0 Å². The zero-order valence-corrected chi connectivity index (χ0v) is 10.4. The molecule has 18 heavy (non-hydrogen) atoms. The molecule has 2 aliphatic heterocycles. The minimum absolute atomic E-state index is 0.368. The van der Waals surface area contributed by atoms with Crippen molar-refractivity contribution in [3.63, 3.8) is 0 Å². The van der Waals surface area contributed by atoms with E-state index in [1.54, 1.807) is 23.2 Å². The van der Waals surface area contributed by atoms with Crippen LogP contribution in [0, 0.1) is 0 Å². The van der Waals surface area contributed by atoms with E-state index in [-0.39, 0.29) is 11.8 Å². The molecule has 2 aliphatic rings.